The standard InChI is InChI=1S/C17H19NOS/c1-3-13-8-9-20-17(13)11-18-12(2)16-10-14-6-4-5-7-15(14)19-16/h4-10,12,18H,3,11H2,1-2H3. The van der Waals surface area contributed by atoms with Crippen LogP contribution < -0.4 is 5.32 Å². The highest BCUT2D eigenvalue weighted by molar-refractivity contribution is 7.10. The molecule has 1 N–H and O–H groups in total. The van der Waals surface area contributed by atoms with Crippen molar-refractivity contribution in [3.8, 4) is 0 Å². The van der Waals surface area contributed by atoms with Gasteiger partial charge in [-0.2, -0.15) is 0 Å². The number of furan rings is 1. The van der Waals surface area contributed by atoms with Crippen LogP contribution in [0, 0.1) is 0 Å². The normalized spacial score (nSPS) is 12.9. The Bertz CT molecular complexity index is 665. The van der Waals surface area contributed by atoms with Crippen molar-refractivity contribution < 1.29 is 4.42 Å². The lowest BCUT2D eigenvalue weighted by Gasteiger charge is -2.11. The molecule has 2 aromatic heterocycles. The molecular formula is C17H19NOS. The predicted octanol–water partition coefficient (Wildman–Crippen LogP) is 4.91. The molecule has 3 heteroatoms. The first-order valence-corrected chi connectivity index (χ1v) is 7.93. The lowest BCUT2D eigenvalue weighted by molar-refractivity contribution is 0.451. The van der Waals surface area contributed by atoms with Crippen LogP contribution >= 0.6 is 11.3 Å². The summed E-state index contributed by atoms with van der Waals surface area (Å²) in [5.74, 6) is 1.00. The summed E-state index contributed by atoms with van der Waals surface area (Å²) in [6, 6.07) is 12.7. The molecule has 0 aliphatic heterocycles. The van der Waals surface area contributed by atoms with Gasteiger partial charge in [-0.25, -0.2) is 0 Å². The average molecular weight is 285 g/mol. The molecule has 0 radical (unpaired) electrons. The van der Waals surface area contributed by atoms with Crippen LogP contribution in [0.5, 0.6) is 0 Å². The van der Waals surface area contributed by atoms with E-state index < -0.39 is 0 Å². The van der Waals surface area contributed by atoms with Crippen LogP contribution in [0.15, 0.2) is 46.2 Å². The number of hydrogen-bond acceptors (Lipinski definition) is 3. The largest absolute Gasteiger partial charge is 0.459 e. The van der Waals surface area contributed by atoms with E-state index in [1.54, 1.807) is 0 Å². The number of aryl methyl sites for hydroxylation is 1. The molecule has 2 nitrogen and oxygen atoms in total. The van der Waals surface area contributed by atoms with Gasteiger partial charge < -0.3 is 9.73 Å². The quantitative estimate of drug-likeness (QED) is 0.720. The smallest absolute Gasteiger partial charge is 0.134 e. The SMILES string of the molecule is CCc1ccsc1CNC(C)c1cc2ccccc2o1. The first kappa shape index (κ1) is 13.4. The molecule has 20 heavy (non-hydrogen) atoms. The highest BCUT2D eigenvalue weighted by Crippen LogP contribution is 2.24. The number of para-hydroxylation sites is 1. The Kier molecular flexibility index (Phi) is 3.90. The fraction of sp³-hybridized carbons (Fsp3) is 0.294. The third kappa shape index (κ3) is 2.65. The highest BCUT2D eigenvalue weighted by Gasteiger charge is 2.12. The molecule has 3 rings (SSSR count). The number of fused-ring (bicyclic) bond motifs is 1. The summed E-state index contributed by atoms with van der Waals surface area (Å²) in [6.45, 7) is 5.25. The van der Waals surface area contributed by atoms with E-state index >= 15 is 0 Å². The van der Waals surface area contributed by atoms with Gasteiger partial charge in [-0.1, -0.05) is 25.1 Å². The summed E-state index contributed by atoms with van der Waals surface area (Å²) in [7, 11) is 0. The molecule has 3 aromatic rings. The lowest BCUT2D eigenvalue weighted by atomic mass is 10.2. The van der Waals surface area contributed by atoms with Crippen molar-refractivity contribution in [3.05, 3.63) is 58.0 Å². The first-order chi connectivity index (χ1) is 9.78. The Morgan fingerprint density at radius 2 is 2.10 bits per heavy atom. The van der Waals surface area contributed by atoms with Gasteiger partial charge in [0, 0.05) is 16.8 Å². The first-order valence-electron chi connectivity index (χ1n) is 7.05. The molecule has 1 unspecified atom stereocenters. The Morgan fingerprint density at radius 3 is 2.90 bits per heavy atom. The molecule has 0 aliphatic carbocycles. The van der Waals surface area contributed by atoms with Crippen molar-refractivity contribution in [1.82, 2.24) is 5.32 Å². The van der Waals surface area contributed by atoms with E-state index in [0.29, 0.717) is 0 Å². The minimum absolute atomic E-state index is 0.217. The van der Waals surface area contributed by atoms with Crippen molar-refractivity contribution in [2.75, 3.05) is 0 Å². The van der Waals surface area contributed by atoms with Gasteiger partial charge in [0.15, 0.2) is 0 Å². The van der Waals surface area contributed by atoms with Crippen molar-refractivity contribution in [3.63, 3.8) is 0 Å². The van der Waals surface area contributed by atoms with E-state index in [0.717, 1.165) is 24.3 Å². The monoisotopic (exact) mass is 285 g/mol. The summed E-state index contributed by atoms with van der Waals surface area (Å²) in [5.41, 5.74) is 2.40. The maximum atomic E-state index is 5.90. The van der Waals surface area contributed by atoms with E-state index in [4.69, 9.17) is 4.42 Å². The molecular weight excluding hydrogens is 266 g/mol. The molecule has 0 saturated heterocycles. The zero-order chi connectivity index (χ0) is 13.9. The zero-order valence-electron chi connectivity index (χ0n) is 11.8. The molecule has 1 aromatic carbocycles. The third-order valence-corrected chi connectivity index (χ3v) is 4.62. The topological polar surface area (TPSA) is 25.2 Å². The molecule has 0 bridgehead atoms. The predicted molar refractivity (Wildman–Crippen MR) is 85.2 cm³/mol. The van der Waals surface area contributed by atoms with Crippen molar-refractivity contribution in [2.24, 2.45) is 0 Å². The lowest BCUT2D eigenvalue weighted by Crippen LogP contribution is -2.17. The number of benzene rings is 1. The second-order valence-corrected chi connectivity index (χ2v) is 6.01. The molecule has 0 amide bonds. The van der Waals surface area contributed by atoms with Gasteiger partial charge in [-0.05, 0) is 42.5 Å². The van der Waals surface area contributed by atoms with Gasteiger partial charge in [0.1, 0.15) is 11.3 Å². The van der Waals surface area contributed by atoms with E-state index in [1.165, 1.54) is 15.8 Å². The Morgan fingerprint density at radius 1 is 1.25 bits per heavy atom. The highest BCUT2D eigenvalue weighted by atomic mass is 32.1. The van der Waals surface area contributed by atoms with Crippen LogP contribution in [0.3, 0.4) is 0 Å². The number of thiophene rings is 1. The average Bonchev–Trinajstić information content (AvgIpc) is 3.10. The fourth-order valence-corrected chi connectivity index (χ4v) is 3.33. The number of rotatable bonds is 5. The maximum absolute atomic E-state index is 5.90. The second-order valence-electron chi connectivity index (χ2n) is 5.01. The van der Waals surface area contributed by atoms with Crippen molar-refractivity contribution >= 4 is 22.3 Å². The Balaban J connectivity index is 1.71. The van der Waals surface area contributed by atoms with E-state index in [9.17, 15) is 0 Å². The van der Waals surface area contributed by atoms with Crippen LogP contribution in [-0.2, 0) is 13.0 Å². The van der Waals surface area contributed by atoms with Crippen molar-refractivity contribution in [1.29, 1.82) is 0 Å². The van der Waals surface area contributed by atoms with Gasteiger partial charge in [0.05, 0.1) is 6.04 Å². The summed E-state index contributed by atoms with van der Waals surface area (Å²) in [4.78, 5) is 1.43. The number of hydrogen-bond donors (Lipinski definition) is 1. The van der Waals surface area contributed by atoms with Crippen LogP contribution in [-0.4, -0.2) is 0 Å². The van der Waals surface area contributed by atoms with Crippen LogP contribution in [0.4, 0.5) is 0 Å². The molecule has 0 spiro atoms. The minimum Gasteiger partial charge on any atom is -0.459 e. The fourth-order valence-electron chi connectivity index (χ4n) is 2.40. The summed E-state index contributed by atoms with van der Waals surface area (Å²) >= 11 is 1.82. The molecule has 0 aliphatic rings. The minimum atomic E-state index is 0.217. The number of nitrogens with one attached hydrogen (secondary N) is 1. The van der Waals surface area contributed by atoms with Gasteiger partial charge >= 0.3 is 0 Å². The molecule has 2 heterocycles. The summed E-state index contributed by atoms with van der Waals surface area (Å²) in [6.07, 6.45) is 1.10. The maximum Gasteiger partial charge on any atom is 0.134 e. The van der Waals surface area contributed by atoms with Crippen molar-refractivity contribution in [2.45, 2.75) is 32.9 Å². The zero-order valence-corrected chi connectivity index (χ0v) is 12.7. The molecule has 0 fully saturated rings. The van der Waals surface area contributed by atoms with Crippen LogP contribution in [0.1, 0.15) is 36.1 Å². The summed E-state index contributed by atoms with van der Waals surface area (Å²) < 4.78 is 5.90. The van der Waals surface area contributed by atoms with Crippen LogP contribution in [0.25, 0.3) is 11.0 Å². The van der Waals surface area contributed by atoms with Gasteiger partial charge in [0.2, 0.25) is 0 Å². The molecule has 0 saturated carbocycles. The van der Waals surface area contributed by atoms with Gasteiger partial charge in [-0.3, -0.25) is 0 Å². The van der Waals surface area contributed by atoms with Crippen LogP contribution in [0.2, 0.25) is 0 Å². The van der Waals surface area contributed by atoms with Gasteiger partial charge in [0.25, 0.3) is 0 Å². The second kappa shape index (κ2) is 5.81. The molecule has 104 valence electrons. The Labute approximate surface area is 123 Å². The Hall–Kier alpha value is -1.58. The molecule has 1 atom stereocenters. The van der Waals surface area contributed by atoms with E-state index in [1.807, 2.05) is 29.5 Å². The van der Waals surface area contributed by atoms with E-state index in [-0.39, 0.29) is 6.04 Å². The van der Waals surface area contributed by atoms with E-state index in [2.05, 4.69) is 42.7 Å². The summed E-state index contributed by atoms with van der Waals surface area (Å²) in [5, 5.41) is 6.89. The van der Waals surface area contributed by atoms with Gasteiger partial charge in [-0.15, -0.1) is 11.3 Å². The third-order valence-electron chi connectivity index (χ3n) is 3.66.